The molecule has 0 unspecified atom stereocenters. The maximum atomic E-state index is 9.49. The van der Waals surface area contributed by atoms with Gasteiger partial charge in [-0.3, -0.25) is 0 Å². The van der Waals surface area contributed by atoms with E-state index in [1.54, 1.807) is 4.68 Å². The van der Waals surface area contributed by atoms with Crippen LogP contribution >= 0.6 is 0 Å². The SMILES string of the molecule is CC(C)(C)c1cn(C[C@H]2OC[C@H](O)[C@H]2N)nn1. The fraction of sp³-hybridized carbons (Fsp3) is 0.818. The number of aliphatic hydroxyl groups is 1. The minimum atomic E-state index is -0.578. The maximum Gasteiger partial charge on any atom is 0.0950 e. The zero-order chi connectivity index (χ0) is 12.6. The topological polar surface area (TPSA) is 86.2 Å². The molecule has 0 spiro atoms. The average molecular weight is 240 g/mol. The van der Waals surface area contributed by atoms with E-state index in [-0.39, 0.29) is 17.6 Å². The molecule has 0 bridgehead atoms. The van der Waals surface area contributed by atoms with Crippen LogP contribution in [0.5, 0.6) is 0 Å². The van der Waals surface area contributed by atoms with Gasteiger partial charge in [-0.25, -0.2) is 4.68 Å². The first-order valence-corrected chi connectivity index (χ1v) is 5.84. The second kappa shape index (κ2) is 4.36. The average Bonchev–Trinajstić information content (AvgIpc) is 2.80. The number of aromatic nitrogens is 3. The second-order valence-corrected chi connectivity index (χ2v) is 5.59. The van der Waals surface area contributed by atoms with E-state index < -0.39 is 6.10 Å². The molecule has 2 heterocycles. The number of hydrogen-bond donors (Lipinski definition) is 2. The Kier molecular flexibility index (Phi) is 3.20. The van der Waals surface area contributed by atoms with E-state index in [1.807, 2.05) is 6.20 Å². The molecule has 0 amide bonds. The van der Waals surface area contributed by atoms with Crippen molar-refractivity contribution in [1.82, 2.24) is 15.0 Å². The largest absolute Gasteiger partial charge is 0.389 e. The summed E-state index contributed by atoms with van der Waals surface area (Å²) in [7, 11) is 0. The molecule has 0 saturated carbocycles. The monoisotopic (exact) mass is 240 g/mol. The molecule has 0 aromatic carbocycles. The number of aliphatic hydroxyl groups excluding tert-OH is 1. The molecule has 0 aliphatic carbocycles. The second-order valence-electron chi connectivity index (χ2n) is 5.59. The Morgan fingerprint density at radius 3 is 2.76 bits per heavy atom. The highest BCUT2D eigenvalue weighted by Crippen LogP contribution is 2.20. The van der Waals surface area contributed by atoms with E-state index in [9.17, 15) is 5.11 Å². The van der Waals surface area contributed by atoms with Crippen LogP contribution in [0.25, 0.3) is 0 Å². The van der Waals surface area contributed by atoms with E-state index in [2.05, 4.69) is 31.1 Å². The van der Waals surface area contributed by atoms with E-state index in [1.165, 1.54) is 0 Å². The van der Waals surface area contributed by atoms with Crippen LogP contribution in [0.1, 0.15) is 26.5 Å². The lowest BCUT2D eigenvalue weighted by molar-refractivity contribution is 0.0759. The van der Waals surface area contributed by atoms with Gasteiger partial charge in [0.25, 0.3) is 0 Å². The molecule has 1 fully saturated rings. The molecule has 1 aromatic rings. The zero-order valence-electron chi connectivity index (χ0n) is 10.5. The van der Waals surface area contributed by atoms with Crippen LogP contribution in [-0.4, -0.2) is 45.0 Å². The lowest BCUT2D eigenvalue weighted by Crippen LogP contribution is -2.40. The van der Waals surface area contributed by atoms with Gasteiger partial charge in [0.1, 0.15) is 0 Å². The van der Waals surface area contributed by atoms with Crippen molar-refractivity contribution in [1.29, 1.82) is 0 Å². The summed E-state index contributed by atoms with van der Waals surface area (Å²) >= 11 is 0. The van der Waals surface area contributed by atoms with E-state index in [0.29, 0.717) is 13.2 Å². The van der Waals surface area contributed by atoms with Crippen molar-refractivity contribution in [2.75, 3.05) is 6.61 Å². The fourth-order valence-electron chi connectivity index (χ4n) is 1.78. The van der Waals surface area contributed by atoms with Gasteiger partial charge in [0, 0.05) is 11.6 Å². The van der Waals surface area contributed by atoms with Gasteiger partial charge in [-0.1, -0.05) is 26.0 Å². The Morgan fingerprint density at radius 1 is 1.59 bits per heavy atom. The molecule has 6 nitrogen and oxygen atoms in total. The quantitative estimate of drug-likeness (QED) is 0.738. The van der Waals surface area contributed by atoms with Gasteiger partial charge in [-0.2, -0.15) is 0 Å². The Hall–Kier alpha value is -0.980. The summed E-state index contributed by atoms with van der Waals surface area (Å²) in [5.41, 5.74) is 6.74. The fourth-order valence-corrected chi connectivity index (χ4v) is 1.78. The molecule has 1 aliphatic rings. The van der Waals surface area contributed by atoms with Crippen molar-refractivity contribution in [3.8, 4) is 0 Å². The van der Waals surface area contributed by atoms with Gasteiger partial charge in [-0.05, 0) is 0 Å². The van der Waals surface area contributed by atoms with Crippen LogP contribution in [0.2, 0.25) is 0 Å². The summed E-state index contributed by atoms with van der Waals surface area (Å²) in [5.74, 6) is 0. The summed E-state index contributed by atoms with van der Waals surface area (Å²) in [6.45, 7) is 7.09. The normalized spacial score (nSPS) is 29.8. The van der Waals surface area contributed by atoms with Crippen LogP contribution in [0.15, 0.2) is 6.20 Å². The number of hydrogen-bond acceptors (Lipinski definition) is 5. The van der Waals surface area contributed by atoms with Gasteiger partial charge in [0.05, 0.1) is 37.1 Å². The molecule has 2 rings (SSSR count). The van der Waals surface area contributed by atoms with Crippen molar-refractivity contribution >= 4 is 0 Å². The lowest BCUT2D eigenvalue weighted by atomic mass is 9.93. The third-order valence-corrected chi connectivity index (χ3v) is 3.03. The molecule has 1 aliphatic heterocycles. The van der Waals surface area contributed by atoms with E-state index in [0.717, 1.165) is 5.69 Å². The van der Waals surface area contributed by atoms with E-state index >= 15 is 0 Å². The summed E-state index contributed by atoms with van der Waals surface area (Å²) in [6.07, 6.45) is 1.13. The maximum absolute atomic E-state index is 9.49. The smallest absolute Gasteiger partial charge is 0.0950 e. The number of ether oxygens (including phenoxy) is 1. The number of rotatable bonds is 2. The summed E-state index contributed by atoms with van der Waals surface area (Å²) in [6, 6.07) is -0.350. The Morgan fingerprint density at radius 2 is 2.29 bits per heavy atom. The van der Waals surface area contributed by atoms with Crippen LogP contribution < -0.4 is 5.73 Å². The first-order chi connectivity index (χ1) is 7.88. The Labute approximate surface area is 101 Å². The molecule has 3 atom stereocenters. The van der Waals surface area contributed by atoms with Crippen LogP contribution in [0, 0.1) is 0 Å². The molecular formula is C11H20N4O2. The third kappa shape index (κ3) is 2.65. The predicted molar refractivity (Wildman–Crippen MR) is 62.4 cm³/mol. The van der Waals surface area contributed by atoms with Gasteiger partial charge >= 0.3 is 0 Å². The molecule has 17 heavy (non-hydrogen) atoms. The van der Waals surface area contributed by atoms with Crippen molar-refractivity contribution in [3.05, 3.63) is 11.9 Å². The summed E-state index contributed by atoms with van der Waals surface area (Å²) in [5, 5.41) is 17.7. The molecular weight excluding hydrogens is 220 g/mol. The van der Waals surface area contributed by atoms with E-state index in [4.69, 9.17) is 10.5 Å². The predicted octanol–water partition coefficient (Wildman–Crippen LogP) is -0.337. The Balaban J connectivity index is 2.03. The van der Waals surface area contributed by atoms with Crippen LogP contribution in [-0.2, 0) is 16.7 Å². The highest BCUT2D eigenvalue weighted by atomic mass is 16.5. The highest BCUT2D eigenvalue weighted by molar-refractivity contribution is 5.06. The molecule has 1 aromatic heterocycles. The van der Waals surface area contributed by atoms with Crippen molar-refractivity contribution in [2.45, 2.75) is 51.0 Å². The standard InChI is InChI=1S/C11H20N4O2/c1-11(2,3)9-5-15(14-13-9)4-8-10(12)7(16)6-17-8/h5,7-8,10,16H,4,6,12H2,1-3H3/t7-,8+,10+/m0/s1. The summed E-state index contributed by atoms with van der Waals surface area (Å²) < 4.78 is 7.14. The van der Waals surface area contributed by atoms with Gasteiger partial charge in [0.2, 0.25) is 0 Å². The zero-order valence-corrected chi connectivity index (χ0v) is 10.5. The van der Waals surface area contributed by atoms with Crippen molar-refractivity contribution < 1.29 is 9.84 Å². The first-order valence-electron chi connectivity index (χ1n) is 5.84. The molecule has 6 heteroatoms. The van der Waals surface area contributed by atoms with Crippen molar-refractivity contribution in [2.24, 2.45) is 5.73 Å². The summed E-state index contributed by atoms with van der Waals surface area (Å²) in [4.78, 5) is 0. The van der Waals surface area contributed by atoms with Gasteiger partial charge in [0.15, 0.2) is 0 Å². The third-order valence-electron chi connectivity index (χ3n) is 3.03. The lowest BCUT2D eigenvalue weighted by Gasteiger charge is -2.15. The molecule has 3 N–H and O–H groups in total. The molecule has 0 radical (unpaired) electrons. The first kappa shape index (κ1) is 12.5. The minimum absolute atomic E-state index is 0.0174. The van der Waals surface area contributed by atoms with Crippen LogP contribution in [0.4, 0.5) is 0 Å². The van der Waals surface area contributed by atoms with Crippen molar-refractivity contribution in [3.63, 3.8) is 0 Å². The van der Waals surface area contributed by atoms with Gasteiger partial charge < -0.3 is 15.6 Å². The highest BCUT2D eigenvalue weighted by Gasteiger charge is 2.33. The number of nitrogens with zero attached hydrogens (tertiary/aromatic N) is 3. The minimum Gasteiger partial charge on any atom is -0.389 e. The Bertz CT molecular complexity index is 385. The van der Waals surface area contributed by atoms with Gasteiger partial charge in [-0.15, -0.1) is 5.10 Å². The molecule has 96 valence electrons. The molecule has 1 saturated heterocycles. The van der Waals surface area contributed by atoms with Crippen LogP contribution in [0.3, 0.4) is 0 Å². The number of nitrogens with two attached hydrogens (primary N) is 1.